The summed E-state index contributed by atoms with van der Waals surface area (Å²) in [4.78, 5) is 5.17. The molecule has 0 fully saturated rings. The molecule has 3 aromatic carbocycles. The lowest BCUT2D eigenvalue weighted by Gasteiger charge is -2.23. The Hall–Kier alpha value is -2.87. The highest BCUT2D eigenvalue weighted by atomic mass is 15.1. The lowest BCUT2D eigenvalue weighted by Crippen LogP contribution is -2.09. The van der Waals surface area contributed by atoms with Crippen LogP contribution in [0.1, 0.15) is 76.0 Å². The van der Waals surface area contributed by atoms with Crippen molar-refractivity contribution in [2.45, 2.75) is 59.3 Å². The van der Waals surface area contributed by atoms with Crippen LogP contribution in [-0.2, 0) is 0 Å². The van der Waals surface area contributed by atoms with Crippen molar-refractivity contribution in [1.29, 1.82) is 0 Å². The lowest BCUT2D eigenvalue weighted by molar-refractivity contribution is 0.809. The van der Waals surface area contributed by atoms with Gasteiger partial charge in [0.25, 0.3) is 0 Å². The van der Waals surface area contributed by atoms with Gasteiger partial charge in [0.2, 0.25) is 0 Å². The molecule has 1 heterocycles. The Morgan fingerprint density at radius 1 is 0.600 bits per heavy atom. The molecule has 2 heteroatoms. The first-order valence-electron chi connectivity index (χ1n) is 11.1. The second-order valence-corrected chi connectivity index (χ2v) is 9.10. The molecule has 0 bridgehead atoms. The highest BCUT2D eigenvalue weighted by Crippen LogP contribution is 2.38. The zero-order valence-electron chi connectivity index (χ0n) is 19.0. The minimum Gasteiger partial charge on any atom is -0.292 e. The number of nitrogens with zero attached hydrogens (tertiary/aromatic N) is 2. The molecule has 0 saturated carbocycles. The first kappa shape index (κ1) is 20.4. The van der Waals surface area contributed by atoms with Crippen LogP contribution >= 0.6 is 0 Å². The zero-order valence-corrected chi connectivity index (χ0v) is 19.0. The molecule has 4 aromatic rings. The van der Waals surface area contributed by atoms with E-state index in [0.29, 0.717) is 17.8 Å². The minimum atomic E-state index is 0.424. The van der Waals surface area contributed by atoms with Crippen molar-refractivity contribution in [3.8, 4) is 17.1 Å². The van der Waals surface area contributed by atoms with E-state index >= 15 is 0 Å². The molecular formula is C28H32N2. The third kappa shape index (κ3) is 3.45. The largest absolute Gasteiger partial charge is 0.292 e. The minimum absolute atomic E-state index is 0.424. The molecule has 4 rings (SSSR count). The summed E-state index contributed by atoms with van der Waals surface area (Å²) in [5.74, 6) is 2.32. The number of imidazole rings is 1. The average Bonchev–Trinajstić information content (AvgIpc) is 3.12. The Balaban J connectivity index is 2.16. The van der Waals surface area contributed by atoms with Crippen LogP contribution in [0.3, 0.4) is 0 Å². The molecule has 0 N–H and O–H groups in total. The van der Waals surface area contributed by atoms with Crippen molar-refractivity contribution in [3.63, 3.8) is 0 Å². The molecule has 0 aliphatic rings. The van der Waals surface area contributed by atoms with E-state index in [2.05, 4.69) is 113 Å². The maximum absolute atomic E-state index is 5.17. The summed E-state index contributed by atoms with van der Waals surface area (Å²) in [5, 5.41) is 0. The van der Waals surface area contributed by atoms with Gasteiger partial charge in [-0.05, 0) is 46.6 Å². The fourth-order valence-electron chi connectivity index (χ4n) is 4.41. The van der Waals surface area contributed by atoms with Crippen molar-refractivity contribution >= 4 is 11.0 Å². The Labute approximate surface area is 180 Å². The van der Waals surface area contributed by atoms with Crippen molar-refractivity contribution in [3.05, 3.63) is 83.4 Å². The molecule has 0 spiro atoms. The smallest absolute Gasteiger partial charge is 0.146 e. The molecule has 0 aliphatic heterocycles. The van der Waals surface area contributed by atoms with E-state index < -0.39 is 0 Å². The van der Waals surface area contributed by atoms with Crippen molar-refractivity contribution in [2.75, 3.05) is 0 Å². The fourth-order valence-corrected chi connectivity index (χ4v) is 4.41. The van der Waals surface area contributed by atoms with Gasteiger partial charge in [0.1, 0.15) is 5.82 Å². The number of hydrogen-bond donors (Lipinski definition) is 0. The topological polar surface area (TPSA) is 17.8 Å². The fraction of sp³-hybridized carbons (Fsp3) is 0.321. The van der Waals surface area contributed by atoms with Crippen LogP contribution in [0.25, 0.3) is 28.1 Å². The third-order valence-electron chi connectivity index (χ3n) is 5.95. The summed E-state index contributed by atoms with van der Waals surface area (Å²) in [7, 11) is 0. The Bertz CT molecular complexity index is 1150. The van der Waals surface area contributed by atoms with E-state index in [1.807, 2.05) is 0 Å². The standard InChI is InChI=1S/C28H32N2/c1-18(2)21-12-7-8-13-24(21)28-29-25-16-9-10-17-26(25)30(28)27-22(19(3)4)14-11-15-23(27)20(5)6/h7-20H,1-6H3. The molecule has 0 radical (unpaired) electrons. The van der Waals surface area contributed by atoms with Crippen molar-refractivity contribution in [2.24, 2.45) is 0 Å². The molecule has 30 heavy (non-hydrogen) atoms. The van der Waals surface area contributed by atoms with Crippen molar-refractivity contribution in [1.82, 2.24) is 9.55 Å². The first-order valence-corrected chi connectivity index (χ1v) is 11.1. The molecule has 0 unspecified atom stereocenters. The quantitative estimate of drug-likeness (QED) is 0.333. The number of rotatable bonds is 5. The van der Waals surface area contributed by atoms with E-state index in [-0.39, 0.29) is 0 Å². The van der Waals surface area contributed by atoms with Crippen molar-refractivity contribution < 1.29 is 0 Å². The summed E-state index contributed by atoms with van der Waals surface area (Å²) in [6.45, 7) is 13.6. The molecule has 0 aliphatic carbocycles. The maximum atomic E-state index is 5.17. The van der Waals surface area contributed by atoms with Crippen LogP contribution in [0.4, 0.5) is 0 Å². The van der Waals surface area contributed by atoms with Crippen LogP contribution in [0.2, 0.25) is 0 Å². The highest BCUT2D eigenvalue weighted by Gasteiger charge is 2.23. The average molecular weight is 397 g/mol. The molecule has 0 saturated heterocycles. The maximum Gasteiger partial charge on any atom is 0.146 e. The molecule has 1 aromatic heterocycles. The summed E-state index contributed by atoms with van der Waals surface area (Å²) in [6.07, 6.45) is 0. The Kier molecular flexibility index (Phi) is 5.51. The predicted octanol–water partition coefficient (Wildman–Crippen LogP) is 8.06. The van der Waals surface area contributed by atoms with E-state index in [4.69, 9.17) is 4.98 Å². The highest BCUT2D eigenvalue weighted by molar-refractivity contribution is 5.85. The number of aromatic nitrogens is 2. The van der Waals surface area contributed by atoms with Crippen LogP contribution in [0, 0.1) is 0 Å². The Morgan fingerprint density at radius 3 is 1.77 bits per heavy atom. The summed E-state index contributed by atoms with van der Waals surface area (Å²) < 4.78 is 2.42. The molecular weight excluding hydrogens is 364 g/mol. The number of fused-ring (bicyclic) bond motifs is 1. The van der Waals surface area contributed by atoms with E-state index in [0.717, 1.165) is 11.3 Å². The van der Waals surface area contributed by atoms with Gasteiger partial charge in [-0.25, -0.2) is 4.98 Å². The molecule has 0 amide bonds. The van der Waals surface area contributed by atoms with Crippen LogP contribution in [-0.4, -0.2) is 9.55 Å². The molecule has 2 nitrogen and oxygen atoms in total. The summed E-state index contributed by atoms with van der Waals surface area (Å²) in [5.41, 5.74) is 8.80. The first-order chi connectivity index (χ1) is 14.4. The van der Waals surface area contributed by atoms with Crippen LogP contribution in [0.5, 0.6) is 0 Å². The second-order valence-electron chi connectivity index (χ2n) is 9.10. The van der Waals surface area contributed by atoms with Gasteiger partial charge in [-0.2, -0.15) is 0 Å². The number of para-hydroxylation sites is 3. The van der Waals surface area contributed by atoms with Gasteiger partial charge in [0.15, 0.2) is 0 Å². The van der Waals surface area contributed by atoms with E-state index in [1.165, 1.54) is 33.5 Å². The van der Waals surface area contributed by atoms with Gasteiger partial charge in [-0.1, -0.05) is 96.1 Å². The zero-order chi connectivity index (χ0) is 21.4. The number of hydrogen-bond acceptors (Lipinski definition) is 1. The SMILES string of the molecule is CC(C)c1ccccc1-c1nc2ccccc2n1-c1c(C(C)C)cccc1C(C)C. The van der Waals surface area contributed by atoms with Crippen LogP contribution < -0.4 is 0 Å². The Morgan fingerprint density at radius 2 is 1.13 bits per heavy atom. The van der Waals surface area contributed by atoms with E-state index in [1.54, 1.807) is 0 Å². The molecule has 0 atom stereocenters. The van der Waals surface area contributed by atoms with Gasteiger partial charge >= 0.3 is 0 Å². The third-order valence-corrected chi connectivity index (χ3v) is 5.95. The van der Waals surface area contributed by atoms with E-state index in [9.17, 15) is 0 Å². The van der Waals surface area contributed by atoms with Gasteiger partial charge in [-0.15, -0.1) is 0 Å². The van der Waals surface area contributed by atoms with Gasteiger partial charge < -0.3 is 0 Å². The predicted molar refractivity (Wildman–Crippen MR) is 129 cm³/mol. The monoisotopic (exact) mass is 396 g/mol. The second kappa shape index (κ2) is 8.10. The number of benzene rings is 3. The lowest BCUT2D eigenvalue weighted by atomic mass is 9.91. The van der Waals surface area contributed by atoms with Gasteiger partial charge in [0.05, 0.1) is 16.7 Å². The summed E-state index contributed by atoms with van der Waals surface area (Å²) >= 11 is 0. The normalized spacial score (nSPS) is 11.9. The molecule has 154 valence electrons. The van der Waals surface area contributed by atoms with Gasteiger partial charge in [-0.3, -0.25) is 4.57 Å². The summed E-state index contributed by atoms with van der Waals surface area (Å²) in [6, 6.07) is 24.0. The van der Waals surface area contributed by atoms with Crippen LogP contribution in [0.15, 0.2) is 66.7 Å². The van der Waals surface area contributed by atoms with Gasteiger partial charge in [0, 0.05) is 5.56 Å².